The van der Waals surface area contributed by atoms with Crippen LogP contribution in [0.15, 0.2) is 84.9 Å². The van der Waals surface area contributed by atoms with Gasteiger partial charge in [0.05, 0.1) is 11.0 Å². The van der Waals surface area contributed by atoms with E-state index in [4.69, 9.17) is 20.0 Å². The first-order chi connectivity index (χ1) is 12.2. The Morgan fingerprint density at radius 2 is 1.27 bits per heavy atom. The van der Waals surface area contributed by atoms with Crippen LogP contribution in [0, 0.1) is 0 Å². The van der Waals surface area contributed by atoms with Gasteiger partial charge in [-0.1, -0.05) is 60.7 Å². The van der Waals surface area contributed by atoms with Crippen molar-refractivity contribution in [1.82, 2.24) is 9.55 Å². The average Bonchev–Trinajstić information content (AvgIpc) is 3.02. The van der Waals surface area contributed by atoms with E-state index in [0.29, 0.717) is 0 Å². The zero-order valence-electron chi connectivity index (χ0n) is 13.3. The number of imidazole rings is 1. The van der Waals surface area contributed by atoms with Gasteiger partial charge in [0, 0.05) is 11.3 Å². The third-order valence-corrected chi connectivity index (χ3v) is 3.61. The molecule has 6 heteroatoms. The molecule has 0 fully saturated rings. The van der Waals surface area contributed by atoms with Crippen LogP contribution in [0.2, 0.25) is 0 Å². The molecule has 0 aliphatic rings. The van der Waals surface area contributed by atoms with E-state index in [1.54, 1.807) is 0 Å². The number of hydrogen-bond donors (Lipinski definition) is 2. The maximum atomic E-state index is 8.56. The van der Waals surface area contributed by atoms with Gasteiger partial charge in [0.15, 0.2) is 0 Å². The summed E-state index contributed by atoms with van der Waals surface area (Å²) in [7, 11) is 0. The number of nitrogens with zero attached hydrogens (tertiary/aromatic N) is 2. The molecule has 0 aliphatic carbocycles. The van der Waals surface area contributed by atoms with Crippen molar-refractivity contribution in [1.29, 1.82) is 0 Å². The average molecular weight is 466 g/mol. The fourth-order valence-electron chi connectivity index (χ4n) is 2.65. The van der Waals surface area contributed by atoms with Gasteiger partial charge in [0.1, 0.15) is 5.82 Å². The topological polar surface area (TPSA) is 75.3 Å². The van der Waals surface area contributed by atoms with Crippen molar-refractivity contribution in [2.24, 2.45) is 0 Å². The molecule has 0 amide bonds. The predicted octanol–water partition coefficient (Wildman–Crippen LogP) is 4.27. The van der Waals surface area contributed by atoms with E-state index < -0.39 is 6.16 Å². The summed E-state index contributed by atoms with van der Waals surface area (Å²) in [6.07, 6.45) is -1.83. The van der Waals surface area contributed by atoms with Gasteiger partial charge in [-0.3, -0.25) is 4.57 Å². The molecule has 4 rings (SSSR count). The Kier molecular flexibility index (Phi) is 7.95. The summed E-state index contributed by atoms with van der Waals surface area (Å²) in [6.45, 7) is 0. The van der Waals surface area contributed by atoms with E-state index >= 15 is 0 Å². The normalized spacial score (nSPS) is 9.69. The van der Waals surface area contributed by atoms with Crippen molar-refractivity contribution in [3.05, 3.63) is 84.9 Å². The monoisotopic (exact) mass is 466 g/mol. The molecular weight excluding hydrogens is 449 g/mol. The summed E-state index contributed by atoms with van der Waals surface area (Å²) in [5, 5.41) is 13.9. The zero-order valence-corrected chi connectivity index (χ0v) is 13.3. The Morgan fingerprint density at radius 1 is 0.769 bits per heavy atom. The van der Waals surface area contributed by atoms with Crippen LogP contribution in [0.4, 0.5) is 4.79 Å². The molecule has 0 aliphatic heterocycles. The Morgan fingerprint density at radius 3 is 1.88 bits per heavy atom. The Bertz CT molecular complexity index is 982. The molecule has 0 atom stereocenters. The second-order valence-electron chi connectivity index (χ2n) is 5.24. The molecule has 26 heavy (non-hydrogen) atoms. The van der Waals surface area contributed by atoms with E-state index in [-0.39, 0.29) is 68.9 Å². The SMILES string of the molecule is O=C(O)O.[CsH].c1ccc(-c2nc3ccccc3n2-c2ccccc2)cc1. The summed E-state index contributed by atoms with van der Waals surface area (Å²) in [4.78, 5) is 13.4. The Labute approximate surface area is 209 Å². The zero-order chi connectivity index (χ0) is 17.6. The Balaban J connectivity index is 0.000000444. The second kappa shape index (κ2) is 9.96. The molecule has 0 saturated carbocycles. The molecule has 126 valence electrons. The smallest absolute Gasteiger partial charge is 0.145 e. The molecule has 0 saturated heterocycles. The van der Waals surface area contributed by atoms with Crippen molar-refractivity contribution >= 4 is 86.1 Å². The van der Waals surface area contributed by atoms with E-state index in [9.17, 15) is 0 Å². The predicted molar refractivity (Wildman–Crippen MR) is 104 cm³/mol. The summed E-state index contributed by atoms with van der Waals surface area (Å²) in [5.41, 5.74) is 4.39. The van der Waals surface area contributed by atoms with E-state index in [2.05, 4.69) is 59.2 Å². The van der Waals surface area contributed by atoms with E-state index in [1.165, 1.54) is 0 Å². The second-order valence-corrected chi connectivity index (χ2v) is 5.24. The van der Waals surface area contributed by atoms with Crippen molar-refractivity contribution in [3.8, 4) is 17.1 Å². The van der Waals surface area contributed by atoms with Gasteiger partial charge >= 0.3 is 75.0 Å². The van der Waals surface area contributed by atoms with Gasteiger partial charge in [-0.25, -0.2) is 9.78 Å². The van der Waals surface area contributed by atoms with Gasteiger partial charge in [0.2, 0.25) is 0 Å². The molecule has 3 aromatic carbocycles. The minimum Gasteiger partial charge on any atom is -0.292 e. The molecule has 4 aromatic rings. The molecular formula is C20H17CsN2O3. The number of aromatic nitrogens is 2. The molecule has 1 aromatic heterocycles. The van der Waals surface area contributed by atoms with Crippen LogP contribution < -0.4 is 0 Å². The van der Waals surface area contributed by atoms with Crippen LogP contribution in [0.1, 0.15) is 0 Å². The first-order valence-corrected chi connectivity index (χ1v) is 7.67. The number of hydrogen-bond acceptors (Lipinski definition) is 2. The van der Waals surface area contributed by atoms with Crippen LogP contribution >= 0.6 is 0 Å². The maximum Gasteiger partial charge on any atom is 0.145 e. The molecule has 2 N–H and O–H groups in total. The van der Waals surface area contributed by atoms with Crippen LogP contribution in [-0.4, -0.2) is 94.8 Å². The number of carboxylic acid groups (broad SMARTS) is 2. The van der Waals surface area contributed by atoms with E-state index in [1.807, 2.05) is 30.3 Å². The molecule has 5 nitrogen and oxygen atoms in total. The van der Waals surface area contributed by atoms with Crippen molar-refractivity contribution in [3.63, 3.8) is 0 Å². The molecule has 0 radical (unpaired) electrons. The molecule has 0 unspecified atom stereocenters. The largest absolute Gasteiger partial charge is 0.292 e. The fraction of sp³-hybridized carbons (Fsp3) is 0. The van der Waals surface area contributed by atoms with Gasteiger partial charge in [0.25, 0.3) is 0 Å². The van der Waals surface area contributed by atoms with Gasteiger partial charge < -0.3 is 10.2 Å². The van der Waals surface area contributed by atoms with Gasteiger partial charge in [-0.05, 0) is 24.3 Å². The molecule has 1 heterocycles. The quantitative estimate of drug-likeness (QED) is 0.463. The summed E-state index contributed by atoms with van der Waals surface area (Å²) < 4.78 is 2.21. The minimum absolute atomic E-state index is 0. The summed E-state index contributed by atoms with van der Waals surface area (Å²) >= 11 is 0. The molecule has 0 spiro atoms. The first-order valence-electron chi connectivity index (χ1n) is 7.67. The minimum atomic E-state index is -1.83. The number of para-hydroxylation sites is 3. The van der Waals surface area contributed by atoms with Gasteiger partial charge in [-0.15, -0.1) is 0 Å². The summed E-state index contributed by atoms with van der Waals surface area (Å²) in [5.74, 6) is 0.975. The van der Waals surface area contributed by atoms with Crippen molar-refractivity contribution < 1.29 is 15.0 Å². The fourth-order valence-corrected chi connectivity index (χ4v) is 2.65. The van der Waals surface area contributed by atoms with Crippen molar-refractivity contribution in [2.45, 2.75) is 0 Å². The Hall–Kier alpha value is -1.55. The van der Waals surface area contributed by atoms with E-state index in [0.717, 1.165) is 28.1 Å². The van der Waals surface area contributed by atoms with Crippen LogP contribution in [-0.2, 0) is 0 Å². The number of rotatable bonds is 2. The van der Waals surface area contributed by atoms with Crippen LogP contribution in [0.25, 0.3) is 28.1 Å². The molecule has 0 bridgehead atoms. The number of benzene rings is 3. The summed E-state index contributed by atoms with van der Waals surface area (Å²) in [6, 6.07) is 28.9. The standard InChI is InChI=1S/C19H14N2.CH2O3.Cs.H/c1-3-9-15(10-4-1)19-20-17-13-7-8-14-18(17)21(19)16-11-5-2-6-12-16;2-1(3)4;;/h1-14H;(H2,2,3,4);;. The number of fused-ring (bicyclic) bond motifs is 1. The first kappa shape index (κ1) is 20.8. The van der Waals surface area contributed by atoms with Crippen LogP contribution in [0.5, 0.6) is 0 Å². The van der Waals surface area contributed by atoms with Crippen molar-refractivity contribution in [2.75, 3.05) is 0 Å². The van der Waals surface area contributed by atoms with Crippen LogP contribution in [0.3, 0.4) is 0 Å². The van der Waals surface area contributed by atoms with Gasteiger partial charge in [-0.2, -0.15) is 0 Å². The third-order valence-electron chi connectivity index (χ3n) is 3.61. The third kappa shape index (κ3) is 5.00. The number of carbonyl (C=O) groups is 1. The maximum absolute atomic E-state index is 8.56.